The van der Waals surface area contributed by atoms with E-state index in [0.29, 0.717) is 24.1 Å². The Bertz CT molecular complexity index is 555. The normalized spacial score (nSPS) is 14.3. The maximum Gasteiger partial charge on any atom is 0.258 e. The standard InChI is InChI=1S/C13H18N4O2/c1-4-13(3,18-5-2)12-16-11(19-17-12)9-6-7-15-10(14)8-9/h6-8H,4-5H2,1-3H3,(H2,14,15). The molecule has 2 aromatic rings. The van der Waals surface area contributed by atoms with Crippen LogP contribution >= 0.6 is 0 Å². The van der Waals surface area contributed by atoms with Crippen molar-refractivity contribution in [2.24, 2.45) is 0 Å². The number of nitrogens with zero attached hydrogens (tertiary/aromatic N) is 3. The molecule has 0 spiro atoms. The number of hydrogen-bond acceptors (Lipinski definition) is 6. The van der Waals surface area contributed by atoms with Crippen molar-refractivity contribution in [3.05, 3.63) is 24.2 Å². The number of pyridine rings is 1. The van der Waals surface area contributed by atoms with Gasteiger partial charge in [0.1, 0.15) is 11.4 Å². The van der Waals surface area contributed by atoms with Crippen molar-refractivity contribution in [2.75, 3.05) is 12.3 Å². The van der Waals surface area contributed by atoms with Gasteiger partial charge >= 0.3 is 0 Å². The Morgan fingerprint density at radius 1 is 1.42 bits per heavy atom. The van der Waals surface area contributed by atoms with E-state index >= 15 is 0 Å². The quantitative estimate of drug-likeness (QED) is 0.890. The summed E-state index contributed by atoms with van der Waals surface area (Å²) in [4.78, 5) is 8.33. The van der Waals surface area contributed by atoms with Crippen molar-refractivity contribution in [2.45, 2.75) is 32.8 Å². The van der Waals surface area contributed by atoms with Gasteiger partial charge in [0.15, 0.2) is 0 Å². The average molecular weight is 262 g/mol. The monoisotopic (exact) mass is 262 g/mol. The molecule has 102 valence electrons. The van der Waals surface area contributed by atoms with E-state index in [-0.39, 0.29) is 0 Å². The first-order valence-electron chi connectivity index (χ1n) is 6.29. The highest BCUT2D eigenvalue weighted by Gasteiger charge is 2.31. The number of aromatic nitrogens is 3. The molecule has 0 amide bonds. The Hall–Kier alpha value is -1.95. The predicted octanol–water partition coefficient (Wildman–Crippen LogP) is 2.38. The van der Waals surface area contributed by atoms with Gasteiger partial charge in [-0.05, 0) is 32.4 Å². The number of rotatable bonds is 5. The lowest BCUT2D eigenvalue weighted by molar-refractivity contribution is -0.0403. The topological polar surface area (TPSA) is 87.1 Å². The molecule has 0 aliphatic heterocycles. The molecule has 0 aliphatic carbocycles. The lowest BCUT2D eigenvalue weighted by Gasteiger charge is -2.23. The van der Waals surface area contributed by atoms with E-state index in [2.05, 4.69) is 15.1 Å². The molecular weight excluding hydrogens is 244 g/mol. The lowest BCUT2D eigenvalue weighted by atomic mass is 10.0. The predicted molar refractivity (Wildman–Crippen MR) is 71.2 cm³/mol. The maximum atomic E-state index is 5.72. The third-order valence-corrected chi connectivity index (χ3v) is 3.06. The molecule has 0 aliphatic rings. The minimum absolute atomic E-state index is 0.417. The fourth-order valence-corrected chi connectivity index (χ4v) is 1.78. The number of ether oxygens (including phenoxy) is 1. The molecule has 0 saturated heterocycles. The van der Waals surface area contributed by atoms with Gasteiger partial charge < -0.3 is 15.0 Å². The summed E-state index contributed by atoms with van der Waals surface area (Å²) in [7, 11) is 0. The van der Waals surface area contributed by atoms with Crippen LogP contribution in [0.1, 0.15) is 33.0 Å². The zero-order valence-corrected chi connectivity index (χ0v) is 11.4. The molecule has 0 fully saturated rings. The summed E-state index contributed by atoms with van der Waals surface area (Å²) < 4.78 is 11.0. The Balaban J connectivity index is 2.33. The van der Waals surface area contributed by atoms with Crippen molar-refractivity contribution in [1.29, 1.82) is 0 Å². The zero-order valence-electron chi connectivity index (χ0n) is 11.4. The van der Waals surface area contributed by atoms with Crippen LogP contribution in [-0.4, -0.2) is 21.7 Å². The minimum Gasteiger partial charge on any atom is -0.384 e. The van der Waals surface area contributed by atoms with Gasteiger partial charge in [0, 0.05) is 18.4 Å². The van der Waals surface area contributed by atoms with Crippen molar-refractivity contribution in [1.82, 2.24) is 15.1 Å². The van der Waals surface area contributed by atoms with Crippen LogP contribution in [0.5, 0.6) is 0 Å². The van der Waals surface area contributed by atoms with Crippen molar-refractivity contribution >= 4 is 5.82 Å². The fourth-order valence-electron chi connectivity index (χ4n) is 1.78. The number of nitrogen functional groups attached to an aromatic ring is 1. The highest BCUT2D eigenvalue weighted by molar-refractivity contribution is 5.56. The van der Waals surface area contributed by atoms with E-state index < -0.39 is 5.60 Å². The summed E-state index contributed by atoms with van der Waals surface area (Å²) in [6.07, 6.45) is 2.37. The SMILES string of the molecule is CCOC(C)(CC)c1noc(-c2ccnc(N)c2)n1. The summed E-state index contributed by atoms with van der Waals surface area (Å²) in [6, 6.07) is 3.47. The zero-order chi connectivity index (χ0) is 13.9. The van der Waals surface area contributed by atoms with Crippen LogP contribution in [0.4, 0.5) is 5.82 Å². The average Bonchev–Trinajstić information content (AvgIpc) is 2.89. The summed E-state index contributed by atoms with van der Waals surface area (Å²) >= 11 is 0. The van der Waals surface area contributed by atoms with Gasteiger partial charge in [-0.2, -0.15) is 4.98 Å². The molecule has 0 radical (unpaired) electrons. The van der Waals surface area contributed by atoms with E-state index in [1.165, 1.54) is 0 Å². The van der Waals surface area contributed by atoms with Gasteiger partial charge in [-0.1, -0.05) is 12.1 Å². The second-order valence-corrected chi connectivity index (χ2v) is 4.41. The highest BCUT2D eigenvalue weighted by atomic mass is 16.5. The molecule has 2 aromatic heterocycles. The molecule has 2 rings (SSSR count). The van der Waals surface area contributed by atoms with E-state index in [1.54, 1.807) is 18.3 Å². The van der Waals surface area contributed by atoms with Crippen LogP contribution in [0, 0.1) is 0 Å². The first kappa shape index (κ1) is 13.5. The van der Waals surface area contributed by atoms with Crippen molar-refractivity contribution in [3.8, 4) is 11.5 Å². The second kappa shape index (κ2) is 5.36. The molecule has 0 bridgehead atoms. The van der Waals surface area contributed by atoms with Crippen molar-refractivity contribution < 1.29 is 9.26 Å². The smallest absolute Gasteiger partial charge is 0.258 e. The number of hydrogen-bond donors (Lipinski definition) is 1. The molecule has 0 aromatic carbocycles. The molecule has 0 saturated carbocycles. The van der Waals surface area contributed by atoms with E-state index in [1.807, 2.05) is 20.8 Å². The minimum atomic E-state index is -0.533. The van der Waals surface area contributed by atoms with Gasteiger partial charge in [0.2, 0.25) is 5.82 Å². The third kappa shape index (κ3) is 2.73. The van der Waals surface area contributed by atoms with Crippen LogP contribution in [0.2, 0.25) is 0 Å². The van der Waals surface area contributed by atoms with Gasteiger partial charge in [0.25, 0.3) is 5.89 Å². The van der Waals surface area contributed by atoms with Gasteiger partial charge in [-0.25, -0.2) is 4.98 Å². The third-order valence-electron chi connectivity index (χ3n) is 3.06. The number of anilines is 1. The number of nitrogens with two attached hydrogens (primary N) is 1. The molecule has 2 N–H and O–H groups in total. The summed E-state index contributed by atoms with van der Waals surface area (Å²) in [5, 5.41) is 4.01. The summed E-state index contributed by atoms with van der Waals surface area (Å²) in [5.74, 6) is 1.38. The largest absolute Gasteiger partial charge is 0.384 e. The van der Waals surface area contributed by atoms with Crippen LogP contribution in [0.15, 0.2) is 22.9 Å². The Morgan fingerprint density at radius 3 is 2.84 bits per heavy atom. The summed E-state index contributed by atoms with van der Waals surface area (Å²) in [5.41, 5.74) is 5.86. The molecule has 19 heavy (non-hydrogen) atoms. The van der Waals surface area contributed by atoms with Crippen LogP contribution in [0.3, 0.4) is 0 Å². The highest BCUT2D eigenvalue weighted by Crippen LogP contribution is 2.28. The molecule has 1 atom stereocenters. The Kier molecular flexibility index (Phi) is 3.80. The maximum absolute atomic E-state index is 5.72. The second-order valence-electron chi connectivity index (χ2n) is 4.41. The van der Waals surface area contributed by atoms with E-state index in [4.69, 9.17) is 15.0 Å². The van der Waals surface area contributed by atoms with E-state index in [0.717, 1.165) is 12.0 Å². The van der Waals surface area contributed by atoms with E-state index in [9.17, 15) is 0 Å². The van der Waals surface area contributed by atoms with Crippen LogP contribution in [-0.2, 0) is 10.3 Å². The first-order chi connectivity index (χ1) is 9.09. The van der Waals surface area contributed by atoms with Crippen LogP contribution < -0.4 is 5.73 Å². The van der Waals surface area contributed by atoms with Crippen molar-refractivity contribution in [3.63, 3.8) is 0 Å². The van der Waals surface area contributed by atoms with Crippen LogP contribution in [0.25, 0.3) is 11.5 Å². The Morgan fingerprint density at radius 2 is 2.21 bits per heavy atom. The molecular formula is C13H18N4O2. The fraction of sp³-hybridized carbons (Fsp3) is 0.462. The first-order valence-corrected chi connectivity index (χ1v) is 6.29. The summed E-state index contributed by atoms with van der Waals surface area (Å²) in [6.45, 7) is 6.51. The van der Waals surface area contributed by atoms with Gasteiger partial charge in [-0.15, -0.1) is 0 Å². The molecule has 6 heteroatoms. The van der Waals surface area contributed by atoms with Gasteiger partial charge in [0.05, 0.1) is 0 Å². The Labute approximate surface area is 112 Å². The molecule has 1 unspecified atom stereocenters. The van der Waals surface area contributed by atoms with Gasteiger partial charge in [-0.3, -0.25) is 0 Å². The molecule has 2 heterocycles. The lowest BCUT2D eigenvalue weighted by Crippen LogP contribution is -2.26. The molecule has 6 nitrogen and oxygen atoms in total.